The minimum atomic E-state index is 0.529. The van der Waals surface area contributed by atoms with Crippen molar-refractivity contribution in [2.75, 3.05) is 6.54 Å². The standard InChI is InChI=1S/C15H20BrN/c1-10(2)17-9-11-8-15(11)7-6-12-13(15)4-3-5-14(12)16/h3-5,10-11,17H,6-9H2,1-2H3. The number of benzene rings is 1. The molecule has 1 saturated carbocycles. The van der Waals surface area contributed by atoms with Gasteiger partial charge in [0.15, 0.2) is 0 Å². The highest BCUT2D eigenvalue weighted by molar-refractivity contribution is 9.10. The summed E-state index contributed by atoms with van der Waals surface area (Å²) in [6, 6.07) is 7.33. The topological polar surface area (TPSA) is 12.0 Å². The van der Waals surface area contributed by atoms with E-state index in [1.807, 2.05) is 0 Å². The number of fused-ring (bicyclic) bond motifs is 2. The quantitative estimate of drug-likeness (QED) is 0.897. The van der Waals surface area contributed by atoms with E-state index in [1.165, 1.54) is 30.3 Å². The lowest BCUT2D eigenvalue weighted by Crippen LogP contribution is -2.27. The van der Waals surface area contributed by atoms with Crippen molar-refractivity contribution in [1.82, 2.24) is 5.32 Å². The molecule has 0 aliphatic heterocycles. The highest BCUT2D eigenvalue weighted by Crippen LogP contribution is 2.61. The summed E-state index contributed by atoms with van der Waals surface area (Å²) in [6.07, 6.45) is 4.00. The van der Waals surface area contributed by atoms with Gasteiger partial charge in [-0.1, -0.05) is 41.9 Å². The van der Waals surface area contributed by atoms with Crippen molar-refractivity contribution in [3.8, 4) is 0 Å². The van der Waals surface area contributed by atoms with Crippen molar-refractivity contribution in [2.24, 2.45) is 5.92 Å². The smallest absolute Gasteiger partial charge is 0.0210 e. The molecule has 2 heteroatoms. The SMILES string of the molecule is CC(C)NCC1CC12CCc1c(Br)cccc12. The van der Waals surface area contributed by atoms with Crippen molar-refractivity contribution in [3.63, 3.8) is 0 Å². The molecule has 0 radical (unpaired) electrons. The average Bonchev–Trinajstić information content (AvgIpc) is 2.85. The van der Waals surface area contributed by atoms with Gasteiger partial charge in [0.25, 0.3) is 0 Å². The summed E-state index contributed by atoms with van der Waals surface area (Å²) < 4.78 is 1.31. The predicted octanol–water partition coefficient (Wildman–Crippen LogP) is 3.65. The van der Waals surface area contributed by atoms with Crippen LogP contribution in [-0.4, -0.2) is 12.6 Å². The van der Waals surface area contributed by atoms with E-state index in [0.29, 0.717) is 11.5 Å². The van der Waals surface area contributed by atoms with E-state index in [2.05, 4.69) is 53.3 Å². The van der Waals surface area contributed by atoms with Crippen LogP contribution < -0.4 is 5.32 Å². The summed E-state index contributed by atoms with van der Waals surface area (Å²) >= 11 is 3.69. The Morgan fingerprint density at radius 1 is 1.47 bits per heavy atom. The average molecular weight is 294 g/mol. The van der Waals surface area contributed by atoms with Gasteiger partial charge in [-0.2, -0.15) is 0 Å². The number of hydrogen-bond acceptors (Lipinski definition) is 1. The maximum absolute atomic E-state index is 3.69. The zero-order valence-corrected chi connectivity index (χ0v) is 12.2. The number of hydrogen-bond donors (Lipinski definition) is 1. The van der Waals surface area contributed by atoms with Crippen molar-refractivity contribution < 1.29 is 0 Å². The van der Waals surface area contributed by atoms with Crippen LogP contribution in [0.5, 0.6) is 0 Å². The van der Waals surface area contributed by atoms with E-state index in [0.717, 1.165) is 5.92 Å². The zero-order chi connectivity index (χ0) is 12.0. The Hall–Kier alpha value is -0.340. The maximum Gasteiger partial charge on any atom is 0.0210 e. The molecule has 0 saturated heterocycles. The Labute approximate surface area is 112 Å². The van der Waals surface area contributed by atoms with Gasteiger partial charge in [-0.05, 0) is 48.9 Å². The third-order valence-corrected chi connectivity index (χ3v) is 5.22. The molecule has 2 aliphatic rings. The molecule has 0 bridgehead atoms. The molecule has 1 aromatic carbocycles. The van der Waals surface area contributed by atoms with Gasteiger partial charge in [-0.15, -0.1) is 0 Å². The Balaban J connectivity index is 1.79. The van der Waals surface area contributed by atoms with Crippen LogP contribution in [0, 0.1) is 5.92 Å². The fraction of sp³-hybridized carbons (Fsp3) is 0.600. The van der Waals surface area contributed by atoms with E-state index >= 15 is 0 Å². The van der Waals surface area contributed by atoms with Gasteiger partial charge in [0, 0.05) is 15.9 Å². The van der Waals surface area contributed by atoms with Crippen LogP contribution in [0.1, 0.15) is 37.8 Å². The fourth-order valence-corrected chi connectivity index (χ4v) is 3.99. The highest BCUT2D eigenvalue weighted by Gasteiger charge is 2.57. The van der Waals surface area contributed by atoms with Gasteiger partial charge in [0.2, 0.25) is 0 Å². The number of halogens is 1. The molecule has 1 nitrogen and oxygen atoms in total. The van der Waals surface area contributed by atoms with E-state index < -0.39 is 0 Å². The lowest BCUT2D eigenvalue weighted by molar-refractivity contribution is 0.511. The van der Waals surface area contributed by atoms with Gasteiger partial charge in [0.05, 0.1) is 0 Å². The first-order valence-electron chi connectivity index (χ1n) is 6.65. The van der Waals surface area contributed by atoms with Crippen molar-refractivity contribution in [2.45, 2.75) is 44.6 Å². The molecule has 17 heavy (non-hydrogen) atoms. The summed E-state index contributed by atoms with van der Waals surface area (Å²) in [5, 5.41) is 3.59. The van der Waals surface area contributed by atoms with Gasteiger partial charge < -0.3 is 5.32 Å². The molecular formula is C15H20BrN. The van der Waals surface area contributed by atoms with Crippen molar-refractivity contribution in [1.29, 1.82) is 0 Å². The zero-order valence-electron chi connectivity index (χ0n) is 10.6. The first-order chi connectivity index (χ1) is 8.13. The molecular weight excluding hydrogens is 274 g/mol. The van der Waals surface area contributed by atoms with E-state index in [9.17, 15) is 0 Å². The Morgan fingerprint density at radius 3 is 3.06 bits per heavy atom. The minimum absolute atomic E-state index is 0.529. The van der Waals surface area contributed by atoms with Crippen LogP contribution in [0.25, 0.3) is 0 Å². The Kier molecular flexibility index (Phi) is 2.83. The molecule has 0 amide bonds. The molecule has 3 rings (SSSR count). The minimum Gasteiger partial charge on any atom is -0.314 e. The third kappa shape index (κ3) is 1.86. The van der Waals surface area contributed by atoms with E-state index in [-0.39, 0.29) is 0 Å². The second kappa shape index (κ2) is 4.10. The summed E-state index contributed by atoms with van der Waals surface area (Å²) in [6.45, 7) is 5.64. The number of nitrogens with one attached hydrogen (secondary N) is 1. The Bertz CT molecular complexity index is 441. The molecule has 2 aliphatic carbocycles. The van der Waals surface area contributed by atoms with Crippen molar-refractivity contribution in [3.05, 3.63) is 33.8 Å². The molecule has 1 N–H and O–H groups in total. The summed E-state index contributed by atoms with van der Waals surface area (Å²) in [5.41, 5.74) is 3.73. The normalized spacial score (nSPS) is 30.0. The van der Waals surface area contributed by atoms with Crippen LogP contribution in [0.2, 0.25) is 0 Å². The molecule has 1 aromatic rings. The van der Waals surface area contributed by atoms with Crippen molar-refractivity contribution >= 4 is 15.9 Å². The third-order valence-electron chi connectivity index (χ3n) is 4.48. The molecule has 0 heterocycles. The van der Waals surface area contributed by atoms with Crippen LogP contribution in [-0.2, 0) is 11.8 Å². The molecule has 2 atom stereocenters. The molecule has 1 spiro atoms. The molecule has 1 fully saturated rings. The van der Waals surface area contributed by atoms with E-state index in [1.54, 1.807) is 11.1 Å². The van der Waals surface area contributed by atoms with Crippen LogP contribution in [0.3, 0.4) is 0 Å². The van der Waals surface area contributed by atoms with E-state index in [4.69, 9.17) is 0 Å². The fourth-order valence-electron chi connectivity index (χ4n) is 3.42. The molecule has 0 aromatic heterocycles. The van der Waals surface area contributed by atoms with Crippen LogP contribution in [0.15, 0.2) is 22.7 Å². The first kappa shape index (κ1) is 11.7. The lowest BCUT2D eigenvalue weighted by Gasteiger charge is -2.13. The monoisotopic (exact) mass is 293 g/mol. The highest BCUT2D eigenvalue weighted by atomic mass is 79.9. The molecule has 92 valence electrons. The molecule has 2 unspecified atom stereocenters. The second-order valence-electron chi connectivity index (χ2n) is 5.89. The maximum atomic E-state index is 3.69. The summed E-state index contributed by atoms with van der Waals surface area (Å²) in [7, 11) is 0. The van der Waals surface area contributed by atoms with Gasteiger partial charge in [-0.25, -0.2) is 0 Å². The largest absolute Gasteiger partial charge is 0.314 e. The van der Waals surface area contributed by atoms with Gasteiger partial charge >= 0.3 is 0 Å². The van der Waals surface area contributed by atoms with Crippen LogP contribution in [0.4, 0.5) is 0 Å². The summed E-state index contributed by atoms with van der Waals surface area (Å²) in [5.74, 6) is 0.862. The predicted molar refractivity (Wildman–Crippen MR) is 75.4 cm³/mol. The first-order valence-corrected chi connectivity index (χ1v) is 7.44. The summed E-state index contributed by atoms with van der Waals surface area (Å²) in [4.78, 5) is 0. The van der Waals surface area contributed by atoms with Crippen LogP contribution >= 0.6 is 15.9 Å². The lowest BCUT2D eigenvalue weighted by atomic mass is 9.95. The van der Waals surface area contributed by atoms with Gasteiger partial charge in [-0.3, -0.25) is 0 Å². The second-order valence-corrected chi connectivity index (χ2v) is 6.74. The number of rotatable bonds is 3. The van der Waals surface area contributed by atoms with Gasteiger partial charge in [0.1, 0.15) is 0 Å². The Morgan fingerprint density at radius 2 is 2.29 bits per heavy atom.